The van der Waals surface area contributed by atoms with Crippen molar-refractivity contribution < 1.29 is 4.79 Å². The molecule has 13 heavy (non-hydrogen) atoms. The van der Waals surface area contributed by atoms with Crippen molar-refractivity contribution in [2.45, 2.75) is 13.0 Å². The minimum absolute atomic E-state index is 0.328. The van der Waals surface area contributed by atoms with Crippen LogP contribution in [-0.2, 0) is 6.54 Å². The Morgan fingerprint density at radius 1 is 1.62 bits per heavy atom. The SMILES string of the molecule is NC(=O)c1csc(CN2CCC2)c1. The van der Waals surface area contributed by atoms with Gasteiger partial charge in [-0.3, -0.25) is 9.69 Å². The van der Waals surface area contributed by atoms with Crippen LogP contribution in [0, 0.1) is 0 Å². The molecule has 1 amide bonds. The zero-order valence-corrected chi connectivity index (χ0v) is 8.14. The second kappa shape index (κ2) is 3.47. The van der Waals surface area contributed by atoms with E-state index in [1.807, 2.05) is 11.4 Å². The molecule has 2 heterocycles. The fourth-order valence-electron chi connectivity index (χ4n) is 1.35. The Hall–Kier alpha value is -0.870. The number of hydrogen-bond donors (Lipinski definition) is 1. The van der Waals surface area contributed by atoms with Gasteiger partial charge in [-0.05, 0) is 25.6 Å². The van der Waals surface area contributed by atoms with Gasteiger partial charge in [-0.25, -0.2) is 0 Å². The lowest BCUT2D eigenvalue weighted by atomic mass is 10.2. The number of nitrogens with two attached hydrogens (primary N) is 1. The third-order valence-electron chi connectivity index (χ3n) is 2.27. The van der Waals surface area contributed by atoms with E-state index in [1.165, 1.54) is 24.4 Å². The third kappa shape index (κ3) is 1.89. The average Bonchev–Trinajstić information content (AvgIpc) is 2.44. The quantitative estimate of drug-likeness (QED) is 0.785. The maximum absolute atomic E-state index is 10.8. The van der Waals surface area contributed by atoms with Crippen molar-refractivity contribution in [1.82, 2.24) is 4.90 Å². The normalized spacial score (nSPS) is 16.9. The van der Waals surface area contributed by atoms with Gasteiger partial charge in [-0.15, -0.1) is 11.3 Å². The topological polar surface area (TPSA) is 46.3 Å². The molecule has 0 atom stereocenters. The van der Waals surface area contributed by atoms with E-state index in [2.05, 4.69) is 4.90 Å². The molecule has 0 unspecified atom stereocenters. The number of primary amides is 1. The predicted octanol–water partition coefficient (Wildman–Crippen LogP) is 1.05. The predicted molar refractivity (Wildman–Crippen MR) is 52.7 cm³/mol. The lowest BCUT2D eigenvalue weighted by Crippen LogP contribution is -2.35. The summed E-state index contributed by atoms with van der Waals surface area (Å²) in [6, 6.07) is 1.89. The van der Waals surface area contributed by atoms with E-state index < -0.39 is 0 Å². The molecule has 0 aliphatic carbocycles. The van der Waals surface area contributed by atoms with Crippen LogP contribution in [0.25, 0.3) is 0 Å². The summed E-state index contributed by atoms with van der Waals surface area (Å²) in [5, 5.41) is 1.83. The van der Waals surface area contributed by atoms with Crippen molar-refractivity contribution in [1.29, 1.82) is 0 Å². The maximum Gasteiger partial charge on any atom is 0.249 e. The largest absolute Gasteiger partial charge is 0.366 e. The zero-order chi connectivity index (χ0) is 9.26. The van der Waals surface area contributed by atoms with E-state index in [1.54, 1.807) is 11.3 Å². The summed E-state index contributed by atoms with van der Waals surface area (Å²) in [4.78, 5) is 14.4. The molecule has 2 rings (SSSR count). The Kier molecular flexibility index (Phi) is 2.33. The Balaban J connectivity index is 2.00. The molecule has 0 spiro atoms. The van der Waals surface area contributed by atoms with E-state index in [4.69, 9.17) is 5.73 Å². The first-order valence-corrected chi connectivity index (χ1v) is 5.23. The number of likely N-dealkylation sites (tertiary alicyclic amines) is 1. The van der Waals surface area contributed by atoms with Gasteiger partial charge < -0.3 is 5.73 Å². The Morgan fingerprint density at radius 3 is 2.85 bits per heavy atom. The van der Waals surface area contributed by atoms with Crippen LogP contribution < -0.4 is 5.73 Å². The molecule has 1 aliphatic heterocycles. The van der Waals surface area contributed by atoms with Gasteiger partial charge in [0.15, 0.2) is 0 Å². The number of amides is 1. The van der Waals surface area contributed by atoms with Gasteiger partial charge in [0.1, 0.15) is 0 Å². The summed E-state index contributed by atoms with van der Waals surface area (Å²) >= 11 is 1.61. The highest BCUT2D eigenvalue weighted by Gasteiger charge is 2.15. The van der Waals surface area contributed by atoms with Crippen molar-refractivity contribution in [3.8, 4) is 0 Å². The van der Waals surface area contributed by atoms with E-state index in [0.29, 0.717) is 5.56 Å². The summed E-state index contributed by atoms with van der Waals surface area (Å²) in [6.45, 7) is 3.34. The Labute approximate surface area is 81.2 Å². The van der Waals surface area contributed by atoms with Crippen molar-refractivity contribution in [2.75, 3.05) is 13.1 Å². The summed E-state index contributed by atoms with van der Waals surface area (Å²) in [6.07, 6.45) is 1.30. The standard InChI is InChI=1S/C9H12N2OS/c10-9(12)7-4-8(13-6-7)5-11-2-1-3-11/h4,6H,1-3,5H2,(H2,10,12). The van der Waals surface area contributed by atoms with Crippen molar-refractivity contribution >= 4 is 17.2 Å². The number of thiophene rings is 1. The fraction of sp³-hybridized carbons (Fsp3) is 0.444. The van der Waals surface area contributed by atoms with Crippen LogP contribution in [0.4, 0.5) is 0 Å². The molecule has 0 saturated carbocycles. The van der Waals surface area contributed by atoms with E-state index >= 15 is 0 Å². The van der Waals surface area contributed by atoms with E-state index in [9.17, 15) is 4.79 Å². The van der Waals surface area contributed by atoms with E-state index in [-0.39, 0.29) is 5.91 Å². The van der Waals surface area contributed by atoms with E-state index in [0.717, 1.165) is 6.54 Å². The number of carbonyl (C=O) groups is 1. The molecule has 1 saturated heterocycles. The van der Waals surface area contributed by atoms with Crippen LogP contribution in [0.3, 0.4) is 0 Å². The number of rotatable bonds is 3. The molecule has 1 fully saturated rings. The van der Waals surface area contributed by atoms with Crippen LogP contribution in [-0.4, -0.2) is 23.9 Å². The molecule has 0 bridgehead atoms. The van der Waals surface area contributed by atoms with Gasteiger partial charge in [-0.2, -0.15) is 0 Å². The van der Waals surface area contributed by atoms with Crippen molar-refractivity contribution in [3.05, 3.63) is 21.9 Å². The molecule has 2 N–H and O–H groups in total. The molecule has 1 aromatic heterocycles. The molecule has 3 nitrogen and oxygen atoms in total. The third-order valence-corrected chi connectivity index (χ3v) is 3.19. The summed E-state index contributed by atoms with van der Waals surface area (Å²) < 4.78 is 0. The highest BCUT2D eigenvalue weighted by Crippen LogP contribution is 2.19. The fourth-order valence-corrected chi connectivity index (χ4v) is 2.27. The number of nitrogens with zero attached hydrogens (tertiary/aromatic N) is 1. The Bertz CT molecular complexity index is 317. The first-order valence-electron chi connectivity index (χ1n) is 4.35. The Morgan fingerprint density at radius 2 is 2.38 bits per heavy atom. The molecule has 70 valence electrons. The zero-order valence-electron chi connectivity index (χ0n) is 7.32. The van der Waals surface area contributed by atoms with Crippen LogP contribution in [0.1, 0.15) is 21.7 Å². The summed E-state index contributed by atoms with van der Waals surface area (Å²) in [7, 11) is 0. The number of carbonyl (C=O) groups excluding carboxylic acids is 1. The lowest BCUT2D eigenvalue weighted by molar-refractivity contribution is 0.100. The van der Waals surface area contributed by atoms with Gasteiger partial charge in [-0.1, -0.05) is 0 Å². The van der Waals surface area contributed by atoms with Gasteiger partial charge in [0, 0.05) is 16.8 Å². The maximum atomic E-state index is 10.8. The van der Waals surface area contributed by atoms with Gasteiger partial charge >= 0.3 is 0 Å². The van der Waals surface area contributed by atoms with Crippen LogP contribution in [0.2, 0.25) is 0 Å². The molecule has 4 heteroatoms. The molecule has 0 radical (unpaired) electrons. The summed E-state index contributed by atoms with van der Waals surface area (Å²) in [5.41, 5.74) is 5.80. The molecule has 1 aromatic rings. The minimum Gasteiger partial charge on any atom is -0.366 e. The lowest BCUT2D eigenvalue weighted by Gasteiger charge is -2.29. The van der Waals surface area contributed by atoms with Crippen molar-refractivity contribution in [2.24, 2.45) is 5.73 Å². The highest BCUT2D eigenvalue weighted by atomic mass is 32.1. The van der Waals surface area contributed by atoms with Crippen molar-refractivity contribution in [3.63, 3.8) is 0 Å². The molecule has 1 aliphatic rings. The average molecular weight is 196 g/mol. The summed E-state index contributed by atoms with van der Waals surface area (Å²) in [5.74, 6) is -0.328. The smallest absolute Gasteiger partial charge is 0.249 e. The first-order chi connectivity index (χ1) is 6.25. The molecular weight excluding hydrogens is 184 g/mol. The number of hydrogen-bond acceptors (Lipinski definition) is 3. The second-order valence-corrected chi connectivity index (χ2v) is 4.29. The van der Waals surface area contributed by atoms with Crippen LogP contribution in [0.5, 0.6) is 0 Å². The minimum atomic E-state index is -0.328. The van der Waals surface area contributed by atoms with Crippen LogP contribution in [0.15, 0.2) is 11.4 Å². The highest BCUT2D eigenvalue weighted by molar-refractivity contribution is 7.10. The molecule has 0 aromatic carbocycles. The van der Waals surface area contributed by atoms with Gasteiger partial charge in [0.05, 0.1) is 5.56 Å². The van der Waals surface area contributed by atoms with Crippen LogP contribution >= 0.6 is 11.3 Å². The second-order valence-electron chi connectivity index (χ2n) is 3.30. The monoisotopic (exact) mass is 196 g/mol. The molecular formula is C9H12N2OS. The van der Waals surface area contributed by atoms with Gasteiger partial charge in [0.25, 0.3) is 0 Å². The van der Waals surface area contributed by atoms with Gasteiger partial charge in [0.2, 0.25) is 5.91 Å². The first kappa shape index (κ1) is 8.72.